The Balaban J connectivity index is 0.000000198. The van der Waals surface area contributed by atoms with E-state index in [2.05, 4.69) is 35.1 Å². The summed E-state index contributed by atoms with van der Waals surface area (Å²) in [5.41, 5.74) is 1.21. The SMILES string of the molecule is FC(F)(F)c1cc(-c2cccc(-c3nc4ccccc4s3)n2)[n-]n1.O=C(O)c1ccnc(-c2cc(C(=O)O)cc(-c3cc(C(=O)O)ccn3)n2)c1.[Ru+]. The largest absolute Gasteiger partial charge is 1.00 e. The van der Waals surface area contributed by atoms with E-state index in [-0.39, 0.29) is 64.6 Å². The van der Waals surface area contributed by atoms with Crippen LogP contribution in [-0.4, -0.2) is 63.2 Å². The van der Waals surface area contributed by atoms with Crippen LogP contribution in [0, 0.1) is 0 Å². The summed E-state index contributed by atoms with van der Waals surface area (Å²) in [6.07, 6.45) is -1.97. The van der Waals surface area contributed by atoms with Gasteiger partial charge in [-0.3, -0.25) is 9.97 Å². The zero-order valence-electron chi connectivity index (χ0n) is 25.8. The zero-order valence-corrected chi connectivity index (χ0v) is 28.4. The number of hydrogen-bond donors (Lipinski definition) is 3. The number of alkyl halides is 3. The Morgan fingerprint density at radius 1 is 0.615 bits per heavy atom. The van der Waals surface area contributed by atoms with Gasteiger partial charge in [0.15, 0.2) is 0 Å². The minimum atomic E-state index is -4.52. The van der Waals surface area contributed by atoms with Crippen molar-refractivity contribution >= 4 is 39.5 Å². The molecule has 0 amide bonds. The summed E-state index contributed by atoms with van der Waals surface area (Å²) in [7, 11) is 0. The molecular formula is C34H19F3N7O6RuS. The molecule has 0 unspecified atom stereocenters. The van der Waals surface area contributed by atoms with Crippen LogP contribution in [0.5, 0.6) is 0 Å². The minimum absolute atomic E-state index is 0. The number of pyridine rings is 4. The third kappa shape index (κ3) is 8.37. The van der Waals surface area contributed by atoms with Crippen LogP contribution in [0.2, 0.25) is 0 Å². The first-order valence-corrected chi connectivity index (χ1v) is 15.2. The number of carboxylic acids is 3. The van der Waals surface area contributed by atoms with Gasteiger partial charge in [-0.2, -0.15) is 13.2 Å². The molecule has 0 saturated carbocycles. The number of para-hydroxylation sites is 1. The van der Waals surface area contributed by atoms with Crippen molar-refractivity contribution in [3.05, 3.63) is 120 Å². The second-order valence-electron chi connectivity index (χ2n) is 10.4. The molecule has 1 radical (unpaired) electrons. The van der Waals surface area contributed by atoms with Gasteiger partial charge in [0, 0.05) is 12.4 Å². The molecule has 0 bridgehead atoms. The van der Waals surface area contributed by atoms with Crippen molar-refractivity contribution in [2.75, 3.05) is 0 Å². The Labute approximate surface area is 306 Å². The molecule has 18 heteroatoms. The third-order valence-corrected chi connectivity index (χ3v) is 8.02. The number of fused-ring (bicyclic) bond motifs is 1. The first-order valence-electron chi connectivity index (χ1n) is 14.4. The standard InChI is InChI=1S/C18H11N3O6.C16H8F3N4S.Ru/c22-16(23)9-1-3-19-12(5-9)14-7-11(18(26)27)8-15(21-14)13-6-10(17(24)25)2-4-20-13;17-16(18,19)14-8-12(22-23-14)9-5-3-6-11(20-9)15-21-10-4-1-2-7-13(10)24-15;/h1-8H,(H,22,23)(H,24,25)(H,26,27);1-8H;/q;-1;+1. The summed E-state index contributed by atoms with van der Waals surface area (Å²) in [6.45, 7) is 0. The van der Waals surface area contributed by atoms with Gasteiger partial charge >= 0.3 is 43.6 Å². The predicted molar refractivity (Wildman–Crippen MR) is 176 cm³/mol. The molecule has 0 aliphatic carbocycles. The second-order valence-corrected chi connectivity index (χ2v) is 11.4. The van der Waals surface area contributed by atoms with Crippen LogP contribution in [0.3, 0.4) is 0 Å². The van der Waals surface area contributed by atoms with E-state index in [1.807, 2.05) is 24.3 Å². The fraction of sp³-hybridized carbons (Fsp3) is 0.0294. The summed E-state index contributed by atoms with van der Waals surface area (Å²) in [5, 5.41) is 35.0. The summed E-state index contributed by atoms with van der Waals surface area (Å²) in [4.78, 5) is 55.0. The molecule has 261 valence electrons. The Hall–Kier alpha value is -6.26. The first-order chi connectivity index (χ1) is 24.4. The van der Waals surface area contributed by atoms with Crippen molar-refractivity contribution in [1.29, 1.82) is 0 Å². The molecule has 0 atom stereocenters. The smallest absolute Gasteiger partial charge is 0.573 e. The van der Waals surface area contributed by atoms with E-state index in [1.54, 1.807) is 18.2 Å². The number of nitrogens with zero attached hydrogens (tertiary/aromatic N) is 7. The van der Waals surface area contributed by atoms with Gasteiger partial charge in [-0.15, -0.1) is 11.3 Å². The minimum Gasteiger partial charge on any atom is -0.573 e. The maximum atomic E-state index is 12.6. The van der Waals surface area contributed by atoms with Gasteiger partial charge in [-0.25, -0.2) is 29.3 Å². The molecule has 13 nitrogen and oxygen atoms in total. The van der Waals surface area contributed by atoms with E-state index in [0.29, 0.717) is 16.4 Å². The number of halogens is 3. The van der Waals surface area contributed by atoms with Crippen LogP contribution in [0.1, 0.15) is 36.8 Å². The molecule has 3 N–H and O–H groups in total. The molecule has 0 fully saturated rings. The van der Waals surface area contributed by atoms with Crippen molar-refractivity contribution < 1.29 is 62.4 Å². The molecule has 6 heterocycles. The van der Waals surface area contributed by atoms with E-state index in [0.717, 1.165) is 16.3 Å². The van der Waals surface area contributed by atoms with Crippen molar-refractivity contribution in [3.63, 3.8) is 0 Å². The second kappa shape index (κ2) is 15.3. The van der Waals surface area contributed by atoms with E-state index in [4.69, 9.17) is 10.2 Å². The first kappa shape index (κ1) is 37.0. The van der Waals surface area contributed by atoms with E-state index in [1.165, 1.54) is 60.1 Å². The third-order valence-electron chi connectivity index (χ3n) is 6.96. The van der Waals surface area contributed by atoms with Crippen molar-refractivity contribution in [2.24, 2.45) is 0 Å². The Morgan fingerprint density at radius 3 is 1.69 bits per heavy atom. The number of aromatic nitrogens is 7. The number of carbonyl (C=O) groups is 3. The molecule has 52 heavy (non-hydrogen) atoms. The Bertz CT molecular complexity index is 2350. The number of benzene rings is 1. The summed E-state index contributed by atoms with van der Waals surface area (Å²) >= 11 is 1.47. The van der Waals surface area contributed by atoms with Crippen molar-refractivity contribution in [1.82, 2.24) is 35.1 Å². The van der Waals surface area contributed by atoms with Gasteiger partial charge in [0.1, 0.15) is 10.7 Å². The predicted octanol–water partition coefficient (Wildman–Crippen LogP) is 6.69. The summed E-state index contributed by atoms with van der Waals surface area (Å²) in [6, 6.07) is 21.3. The molecular weight excluding hydrogens is 793 g/mol. The van der Waals surface area contributed by atoms with E-state index >= 15 is 0 Å². The van der Waals surface area contributed by atoms with Crippen LogP contribution >= 0.6 is 11.3 Å². The Morgan fingerprint density at radius 2 is 1.15 bits per heavy atom. The topological polar surface area (TPSA) is 203 Å². The fourth-order valence-electron chi connectivity index (χ4n) is 4.56. The number of aromatic carboxylic acids is 3. The quantitative estimate of drug-likeness (QED) is 0.144. The maximum Gasteiger partial charge on any atom is 1.00 e. The van der Waals surface area contributed by atoms with Gasteiger partial charge in [-0.1, -0.05) is 23.9 Å². The number of hydrogen-bond acceptors (Lipinski definition) is 10. The summed E-state index contributed by atoms with van der Waals surface area (Å²) in [5.74, 6) is -3.56. The summed E-state index contributed by atoms with van der Waals surface area (Å²) < 4.78 is 39.0. The van der Waals surface area contributed by atoms with Crippen LogP contribution in [0.4, 0.5) is 13.2 Å². The molecule has 0 saturated heterocycles. The van der Waals surface area contributed by atoms with Gasteiger partial charge in [0.25, 0.3) is 0 Å². The van der Waals surface area contributed by atoms with Gasteiger partial charge in [0.2, 0.25) is 0 Å². The average molecular weight is 812 g/mol. The molecule has 0 aliphatic rings. The zero-order chi connectivity index (χ0) is 36.3. The Kier molecular flexibility index (Phi) is 10.9. The maximum absolute atomic E-state index is 12.6. The number of rotatable bonds is 7. The average Bonchev–Trinajstić information content (AvgIpc) is 3.81. The van der Waals surface area contributed by atoms with E-state index in [9.17, 15) is 32.7 Å². The monoisotopic (exact) mass is 812 g/mol. The molecule has 6 aromatic heterocycles. The molecule has 7 aromatic rings. The van der Waals surface area contributed by atoms with E-state index < -0.39 is 29.8 Å². The molecule has 0 aliphatic heterocycles. The van der Waals surface area contributed by atoms with Crippen LogP contribution in [-0.2, 0) is 25.7 Å². The van der Waals surface area contributed by atoms with Gasteiger partial charge in [-0.05, 0) is 66.7 Å². The fourth-order valence-corrected chi connectivity index (χ4v) is 5.50. The molecule has 1 aromatic carbocycles. The number of carboxylic acid groups (broad SMARTS) is 3. The van der Waals surface area contributed by atoms with Crippen LogP contribution < -0.4 is 5.10 Å². The van der Waals surface area contributed by atoms with Crippen molar-refractivity contribution in [3.8, 4) is 44.9 Å². The van der Waals surface area contributed by atoms with Crippen LogP contribution in [0.25, 0.3) is 55.1 Å². The number of thiazole rings is 1. The van der Waals surface area contributed by atoms with Crippen molar-refractivity contribution in [2.45, 2.75) is 6.18 Å². The molecule has 0 spiro atoms. The van der Waals surface area contributed by atoms with Gasteiger partial charge in [0.05, 0.1) is 61.1 Å². The molecule has 7 rings (SSSR count). The van der Waals surface area contributed by atoms with Crippen LogP contribution in [0.15, 0.2) is 97.3 Å². The van der Waals surface area contributed by atoms with Gasteiger partial charge < -0.3 is 25.5 Å². The normalized spacial score (nSPS) is 10.9.